The molecule has 3 heteroatoms. The summed E-state index contributed by atoms with van der Waals surface area (Å²) in [5.41, 5.74) is 0. The van der Waals surface area contributed by atoms with Crippen LogP contribution in [-0.4, -0.2) is 23.9 Å². The fourth-order valence-electron chi connectivity index (χ4n) is 2.95. The summed E-state index contributed by atoms with van der Waals surface area (Å²) in [6.45, 7) is 6.94. The molecule has 0 saturated heterocycles. The van der Waals surface area contributed by atoms with Gasteiger partial charge in [0.05, 0.1) is 12.7 Å². The van der Waals surface area contributed by atoms with Crippen LogP contribution in [0.25, 0.3) is 0 Å². The molecule has 0 amide bonds. The number of hydrogen-bond donors (Lipinski definition) is 1. The molecule has 1 saturated carbocycles. The molecule has 1 aromatic carbocycles. The van der Waals surface area contributed by atoms with Gasteiger partial charge in [-0.3, -0.25) is 0 Å². The summed E-state index contributed by atoms with van der Waals surface area (Å²) in [4.78, 5) is 0. The van der Waals surface area contributed by atoms with Crippen LogP contribution in [0.4, 0.5) is 0 Å². The highest BCUT2D eigenvalue weighted by molar-refractivity contribution is 5.33. The molecule has 4 atom stereocenters. The molecule has 0 bridgehead atoms. The molecule has 3 nitrogen and oxygen atoms in total. The summed E-state index contributed by atoms with van der Waals surface area (Å²) < 4.78 is 11.4. The van der Waals surface area contributed by atoms with Crippen LogP contribution < -0.4 is 9.47 Å². The topological polar surface area (TPSA) is 38.7 Å². The molecule has 106 valence electrons. The Labute approximate surface area is 115 Å². The lowest BCUT2D eigenvalue weighted by molar-refractivity contribution is -0.0389. The predicted octanol–water partition coefficient (Wildman–Crippen LogP) is 3.26. The first-order valence-electron chi connectivity index (χ1n) is 7.17. The van der Waals surface area contributed by atoms with Crippen molar-refractivity contribution >= 4 is 0 Å². The van der Waals surface area contributed by atoms with Crippen molar-refractivity contribution in [2.24, 2.45) is 11.8 Å². The molecule has 1 N–H and O–H groups in total. The van der Waals surface area contributed by atoms with E-state index in [0.717, 1.165) is 24.3 Å². The van der Waals surface area contributed by atoms with Gasteiger partial charge in [-0.15, -0.1) is 0 Å². The number of aliphatic hydroxyl groups is 1. The zero-order valence-electron chi connectivity index (χ0n) is 12.0. The van der Waals surface area contributed by atoms with Gasteiger partial charge in [-0.2, -0.15) is 0 Å². The Kier molecular flexibility index (Phi) is 4.70. The van der Waals surface area contributed by atoms with Crippen molar-refractivity contribution in [2.45, 2.75) is 45.8 Å². The maximum atomic E-state index is 10.2. The van der Waals surface area contributed by atoms with Crippen molar-refractivity contribution in [1.82, 2.24) is 0 Å². The highest BCUT2D eigenvalue weighted by Gasteiger charge is 2.34. The zero-order valence-corrected chi connectivity index (χ0v) is 12.0. The molecule has 0 aliphatic heterocycles. The molecule has 2 rings (SSSR count). The van der Waals surface area contributed by atoms with Gasteiger partial charge in [0.25, 0.3) is 0 Å². The summed E-state index contributed by atoms with van der Waals surface area (Å²) >= 11 is 0. The van der Waals surface area contributed by atoms with E-state index in [2.05, 4.69) is 13.8 Å². The Morgan fingerprint density at radius 3 is 2.63 bits per heavy atom. The molecule has 19 heavy (non-hydrogen) atoms. The molecule has 0 spiro atoms. The van der Waals surface area contributed by atoms with Gasteiger partial charge < -0.3 is 14.6 Å². The third-order valence-electron chi connectivity index (χ3n) is 3.75. The lowest BCUT2D eigenvalue weighted by Crippen LogP contribution is -2.43. The quantitative estimate of drug-likeness (QED) is 0.907. The summed E-state index contributed by atoms with van der Waals surface area (Å²) in [6.07, 6.45) is 1.43. The first-order chi connectivity index (χ1) is 9.10. The van der Waals surface area contributed by atoms with Crippen LogP contribution in [0.3, 0.4) is 0 Å². The van der Waals surface area contributed by atoms with E-state index in [9.17, 15) is 5.11 Å². The summed E-state index contributed by atoms with van der Waals surface area (Å²) in [7, 11) is 0. The molecule has 0 aromatic heterocycles. The Hall–Kier alpha value is -1.22. The maximum absolute atomic E-state index is 10.2. The summed E-state index contributed by atoms with van der Waals surface area (Å²) in [6, 6.07) is 7.64. The molecule has 0 heterocycles. The largest absolute Gasteiger partial charge is 0.494 e. The molecular formula is C16H24O3. The average molecular weight is 264 g/mol. The molecule has 1 aromatic rings. The Morgan fingerprint density at radius 2 is 1.95 bits per heavy atom. The second-order valence-corrected chi connectivity index (χ2v) is 5.61. The van der Waals surface area contributed by atoms with E-state index >= 15 is 0 Å². The van der Waals surface area contributed by atoms with Crippen molar-refractivity contribution < 1.29 is 14.6 Å². The molecule has 1 aliphatic rings. The highest BCUT2D eigenvalue weighted by atomic mass is 16.5. The predicted molar refractivity (Wildman–Crippen MR) is 75.6 cm³/mol. The van der Waals surface area contributed by atoms with E-state index < -0.39 is 0 Å². The van der Waals surface area contributed by atoms with Gasteiger partial charge in [0, 0.05) is 6.07 Å². The van der Waals surface area contributed by atoms with Crippen LogP contribution in [0.5, 0.6) is 11.5 Å². The molecule has 4 unspecified atom stereocenters. The van der Waals surface area contributed by atoms with E-state index in [-0.39, 0.29) is 12.2 Å². The second-order valence-electron chi connectivity index (χ2n) is 5.61. The first-order valence-corrected chi connectivity index (χ1v) is 7.17. The number of aliphatic hydroxyl groups excluding tert-OH is 1. The lowest BCUT2D eigenvalue weighted by atomic mass is 9.79. The minimum Gasteiger partial charge on any atom is -0.494 e. The van der Waals surface area contributed by atoms with E-state index in [4.69, 9.17) is 9.47 Å². The van der Waals surface area contributed by atoms with Crippen LogP contribution in [0, 0.1) is 11.8 Å². The van der Waals surface area contributed by atoms with Gasteiger partial charge in [-0.1, -0.05) is 19.9 Å². The average Bonchev–Trinajstić information content (AvgIpc) is 2.35. The van der Waals surface area contributed by atoms with Crippen molar-refractivity contribution in [3.63, 3.8) is 0 Å². The van der Waals surface area contributed by atoms with Gasteiger partial charge in [-0.05, 0) is 43.7 Å². The Morgan fingerprint density at radius 1 is 1.21 bits per heavy atom. The lowest BCUT2D eigenvalue weighted by Gasteiger charge is -2.36. The normalized spacial score (nSPS) is 30.9. The summed E-state index contributed by atoms with van der Waals surface area (Å²) in [5.74, 6) is 2.52. The SMILES string of the molecule is CCOc1cccc(OC2C(C)CC(C)CC2O)c1. The van der Waals surface area contributed by atoms with Gasteiger partial charge in [0.15, 0.2) is 0 Å². The molecule has 0 radical (unpaired) electrons. The number of benzene rings is 1. The molecule has 1 aliphatic carbocycles. The van der Waals surface area contributed by atoms with Crippen LogP contribution in [0.1, 0.15) is 33.6 Å². The van der Waals surface area contributed by atoms with Gasteiger partial charge in [0.2, 0.25) is 0 Å². The number of hydrogen-bond acceptors (Lipinski definition) is 3. The standard InChI is InChI=1S/C16H24O3/c1-4-18-13-6-5-7-14(10-13)19-16-12(3)8-11(2)9-15(16)17/h5-7,10-12,15-17H,4,8-9H2,1-3H3. The van der Waals surface area contributed by atoms with E-state index in [1.165, 1.54) is 0 Å². The Balaban J connectivity index is 2.05. The number of ether oxygens (including phenoxy) is 2. The third kappa shape index (κ3) is 3.63. The van der Waals surface area contributed by atoms with Gasteiger partial charge >= 0.3 is 0 Å². The highest BCUT2D eigenvalue weighted by Crippen LogP contribution is 2.32. The third-order valence-corrected chi connectivity index (χ3v) is 3.75. The summed E-state index contributed by atoms with van der Waals surface area (Å²) in [5, 5.41) is 10.2. The van der Waals surface area contributed by atoms with Crippen molar-refractivity contribution in [1.29, 1.82) is 0 Å². The van der Waals surface area contributed by atoms with Crippen molar-refractivity contribution in [2.75, 3.05) is 6.61 Å². The van der Waals surface area contributed by atoms with E-state index in [0.29, 0.717) is 18.4 Å². The molecule has 1 fully saturated rings. The smallest absolute Gasteiger partial charge is 0.127 e. The first kappa shape index (κ1) is 14.2. The minimum atomic E-state index is -0.380. The van der Waals surface area contributed by atoms with Crippen molar-refractivity contribution in [3.8, 4) is 11.5 Å². The molecular weight excluding hydrogens is 240 g/mol. The van der Waals surface area contributed by atoms with Crippen LogP contribution >= 0.6 is 0 Å². The second kappa shape index (κ2) is 6.29. The van der Waals surface area contributed by atoms with Crippen LogP contribution in [0.2, 0.25) is 0 Å². The minimum absolute atomic E-state index is 0.118. The fourth-order valence-corrected chi connectivity index (χ4v) is 2.95. The Bertz CT molecular complexity index is 393. The van der Waals surface area contributed by atoms with Gasteiger partial charge in [0.1, 0.15) is 17.6 Å². The number of rotatable bonds is 4. The van der Waals surface area contributed by atoms with E-state index in [1.54, 1.807) is 0 Å². The van der Waals surface area contributed by atoms with Crippen LogP contribution in [-0.2, 0) is 0 Å². The van der Waals surface area contributed by atoms with Crippen LogP contribution in [0.15, 0.2) is 24.3 Å². The van der Waals surface area contributed by atoms with E-state index in [1.807, 2.05) is 31.2 Å². The van der Waals surface area contributed by atoms with Gasteiger partial charge in [-0.25, -0.2) is 0 Å². The maximum Gasteiger partial charge on any atom is 0.127 e. The monoisotopic (exact) mass is 264 g/mol. The zero-order chi connectivity index (χ0) is 13.8. The van der Waals surface area contributed by atoms with Crippen molar-refractivity contribution in [3.05, 3.63) is 24.3 Å². The fraction of sp³-hybridized carbons (Fsp3) is 0.625.